The molecule has 3 N–H and O–H groups in total. The molecular formula is C46H38N4. The molecule has 1 aliphatic carbocycles. The van der Waals surface area contributed by atoms with Gasteiger partial charge in [0.1, 0.15) is 5.84 Å². The van der Waals surface area contributed by atoms with Gasteiger partial charge in [-0.15, -0.1) is 0 Å². The van der Waals surface area contributed by atoms with Crippen LogP contribution in [0.15, 0.2) is 169 Å². The van der Waals surface area contributed by atoms with E-state index in [1.54, 1.807) is 0 Å². The van der Waals surface area contributed by atoms with Crippen molar-refractivity contribution in [2.45, 2.75) is 25.8 Å². The highest BCUT2D eigenvalue weighted by Crippen LogP contribution is 2.57. The summed E-state index contributed by atoms with van der Waals surface area (Å²) in [6.07, 6.45) is 0. The van der Waals surface area contributed by atoms with E-state index in [9.17, 15) is 0 Å². The molecule has 50 heavy (non-hydrogen) atoms. The van der Waals surface area contributed by atoms with Gasteiger partial charge in [-0.1, -0.05) is 153 Å². The Morgan fingerprint density at radius 1 is 0.600 bits per heavy atom. The van der Waals surface area contributed by atoms with Crippen LogP contribution in [0.2, 0.25) is 0 Å². The van der Waals surface area contributed by atoms with Gasteiger partial charge in [0.15, 0.2) is 5.84 Å². The standard InChI is InChI=1S/C46H38N4/c1-46(2)39-25-15-14-24-38(39)41-40(32-18-8-4-9-19-32)43(37-23-13-12-22-36(37)42(41)46)49-35-28-26-34(27-29-35)45(48-30-31-16-6-3-7-17-31)50-44(47)33-20-10-5-11-21-33/h3-29,49H,30H2,1-2H3,(H2,47,48,50). The largest absolute Gasteiger partial charge is 0.365 e. The maximum Gasteiger partial charge on any atom is 0.154 e. The molecule has 0 unspecified atom stereocenters. The molecule has 0 saturated heterocycles. The molecule has 0 atom stereocenters. The van der Waals surface area contributed by atoms with E-state index in [-0.39, 0.29) is 11.3 Å². The van der Waals surface area contributed by atoms with E-state index in [4.69, 9.17) is 10.4 Å². The lowest BCUT2D eigenvalue weighted by Crippen LogP contribution is -2.25. The Labute approximate surface area is 293 Å². The monoisotopic (exact) mass is 646 g/mol. The molecule has 0 radical (unpaired) electrons. The second-order valence-electron chi connectivity index (χ2n) is 13.3. The Bertz CT molecular complexity index is 2360. The van der Waals surface area contributed by atoms with E-state index in [1.165, 1.54) is 44.2 Å². The van der Waals surface area contributed by atoms with Crippen LogP contribution in [-0.4, -0.2) is 11.7 Å². The zero-order chi connectivity index (χ0) is 34.1. The van der Waals surface area contributed by atoms with Crippen molar-refractivity contribution in [1.82, 2.24) is 5.32 Å². The summed E-state index contributed by atoms with van der Waals surface area (Å²) in [7, 11) is 0. The van der Waals surface area contributed by atoms with Crippen molar-refractivity contribution < 1.29 is 0 Å². The topological polar surface area (TPSA) is 60.3 Å². The van der Waals surface area contributed by atoms with Crippen LogP contribution in [0, 0.1) is 5.41 Å². The molecule has 7 aromatic carbocycles. The Hall–Kier alpha value is -6.26. The summed E-state index contributed by atoms with van der Waals surface area (Å²) < 4.78 is 0. The van der Waals surface area contributed by atoms with Crippen molar-refractivity contribution in [3.05, 3.63) is 192 Å². The first kappa shape index (κ1) is 31.0. The number of nitrogens with zero attached hydrogens (tertiary/aromatic N) is 1. The third kappa shape index (κ3) is 5.65. The SMILES string of the molecule is CC1(C)c2ccccc2-c2c(-c3ccccc3)c(Nc3ccc(C(=NC(=N)c4ccccc4)NCc4ccccc4)cc3)c3ccccc3c21. The summed E-state index contributed by atoms with van der Waals surface area (Å²) in [5.41, 5.74) is 12.5. The molecule has 0 fully saturated rings. The Balaban J connectivity index is 1.23. The van der Waals surface area contributed by atoms with Crippen LogP contribution < -0.4 is 10.6 Å². The van der Waals surface area contributed by atoms with Crippen LogP contribution in [0.5, 0.6) is 0 Å². The molecule has 242 valence electrons. The predicted molar refractivity (Wildman–Crippen MR) is 210 cm³/mol. The van der Waals surface area contributed by atoms with Crippen LogP contribution in [0.25, 0.3) is 33.0 Å². The number of fused-ring (bicyclic) bond motifs is 5. The Morgan fingerprint density at radius 3 is 1.92 bits per heavy atom. The van der Waals surface area contributed by atoms with Gasteiger partial charge in [0, 0.05) is 39.7 Å². The van der Waals surface area contributed by atoms with Crippen LogP contribution >= 0.6 is 0 Å². The number of rotatable bonds is 7. The lowest BCUT2D eigenvalue weighted by molar-refractivity contribution is 0.666. The normalized spacial score (nSPS) is 13.0. The molecule has 7 aromatic rings. The molecule has 4 heteroatoms. The molecule has 4 nitrogen and oxygen atoms in total. The van der Waals surface area contributed by atoms with Gasteiger partial charge in [-0.3, -0.25) is 5.41 Å². The van der Waals surface area contributed by atoms with Crippen LogP contribution in [0.3, 0.4) is 0 Å². The quantitative estimate of drug-likeness (QED) is 0.119. The molecule has 0 amide bonds. The summed E-state index contributed by atoms with van der Waals surface area (Å²) in [4.78, 5) is 4.78. The predicted octanol–water partition coefficient (Wildman–Crippen LogP) is 11.1. The van der Waals surface area contributed by atoms with Gasteiger partial charge in [-0.05, 0) is 63.0 Å². The number of aliphatic imine (C=N–C) groups is 1. The first-order chi connectivity index (χ1) is 24.5. The maximum atomic E-state index is 8.77. The molecule has 0 bridgehead atoms. The number of amidine groups is 2. The third-order valence-corrected chi connectivity index (χ3v) is 9.77. The summed E-state index contributed by atoms with van der Waals surface area (Å²) in [5, 5.41) is 18.6. The molecule has 0 saturated carbocycles. The first-order valence-corrected chi connectivity index (χ1v) is 17.1. The maximum absolute atomic E-state index is 8.77. The van der Waals surface area contributed by atoms with Crippen LogP contribution in [-0.2, 0) is 12.0 Å². The molecule has 0 spiro atoms. The zero-order valence-corrected chi connectivity index (χ0v) is 28.2. The van der Waals surface area contributed by atoms with Gasteiger partial charge in [0.2, 0.25) is 0 Å². The van der Waals surface area contributed by atoms with E-state index in [0.29, 0.717) is 12.4 Å². The average molecular weight is 647 g/mol. The summed E-state index contributed by atoms with van der Waals surface area (Å²) in [5.74, 6) is 0.865. The molecule has 0 aliphatic heterocycles. The first-order valence-electron chi connectivity index (χ1n) is 17.1. The van der Waals surface area contributed by atoms with Gasteiger partial charge in [-0.2, -0.15) is 0 Å². The lowest BCUT2D eigenvalue weighted by atomic mass is 9.78. The Morgan fingerprint density at radius 2 is 1.20 bits per heavy atom. The van der Waals surface area contributed by atoms with Crippen LogP contribution in [0.4, 0.5) is 11.4 Å². The van der Waals surface area contributed by atoms with Crippen molar-refractivity contribution in [3.8, 4) is 22.3 Å². The number of anilines is 2. The summed E-state index contributed by atoms with van der Waals surface area (Å²) in [6, 6.07) is 56.7. The van der Waals surface area contributed by atoms with Crippen molar-refractivity contribution >= 4 is 33.8 Å². The summed E-state index contributed by atoms with van der Waals surface area (Å²) in [6.45, 7) is 5.31. The molecule has 0 heterocycles. The van der Waals surface area contributed by atoms with Crippen LogP contribution in [0.1, 0.15) is 41.7 Å². The van der Waals surface area contributed by atoms with Gasteiger partial charge in [0.25, 0.3) is 0 Å². The Kier molecular flexibility index (Phi) is 8.06. The van der Waals surface area contributed by atoms with Gasteiger partial charge < -0.3 is 10.6 Å². The van der Waals surface area contributed by atoms with E-state index in [2.05, 4.69) is 140 Å². The second-order valence-corrected chi connectivity index (χ2v) is 13.3. The fourth-order valence-electron chi connectivity index (χ4n) is 7.38. The second kappa shape index (κ2) is 13.0. The minimum Gasteiger partial charge on any atom is -0.365 e. The third-order valence-electron chi connectivity index (χ3n) is 9.77. The van der Waals surface area contributed by atoms with Crippen molar-refractivity contribution in [2.75, 3.05) is 5.32 Å². The summed E-state index contributed by atoms with van der Waals surface area (Å²) >= 11 is 0. The van der Waals surface area contributed by atoms with E-state index in [1.807, 2.05) is 48.5 Å². The van der Waals surface area contributed by atoms with E-state index >= 15 is 0 Å². The average Bonchev–Trinajstić information content (AvgIpc) is 3.41. The minimum atomic E-state index is -0.148. The minimum absolute atomic E-state index is 0.148. The van der Waals surface area contributed by atoms with Crippen molar-refractivity contribution in [3.63, 3.8) is 0 Å². The highest BCUT2D eigenvalue weighted by molar-refractivity contribution is 6.14. The molecule has 8 rings (SSSR count). The van der Waals surface area contributed by atoms with Gasteiger partial charge in [-0.25, -0.2) is 4.99 Å². The smallest absolute Gasteiger partial charge is 0.154 e. The van der Waals surface area contributed by atoms with Gasteiger partial charge >= 0.3 is 0 Å². The number of hydrogen-bond donors (Lipinski definition) is 3. The molecule has 1 aliphatic rings. The van der Waals surface area contributed by atoms with E-state index < -0.39 is 0 Å². The van der Waals surface area contributed by atoms with Gasteiger partial charge in [0.05, 0.1) is 5.69 Å². The number of benzene rings is 7. The zero-order valence-electron chi connectivity index (χ0n) is 28.2. The molecule has 0 aromatic heterocycles. The highest BCUT2D eigenvalue weighted by atomic mass is 15.0. The fourth-order valence-corrected chi connectivity index (χ4v) is 7.38. The number of hydrogen-bond acceptors (Lipinski definition) is 2. The fraction of sp³-hybridized carbons (Fsp3) is 0.0870. The molecular weight excluding hydrogens is 609 g/mol. The van der Waals surface area contributed by atoms with Crippen molar-refractivity contribution in [2.24, 2.45) is 4.99 Å². The van der Waals surface area contributed by atoms with E-state index in [0.717, 1.165) is 28.1 Å². The van der Waals surface area contributed by atoms with Crippen molar-refractivity contribution in [1.29, 1.82) is 5.41 Å². The number of nitrogens with one attached hydrogen (secondary N) is 3. The highest BCUT2D eigenvalue weighted by Gasteiger charge is 2.39. The lowest BCUT2D eigenvalue weighted by Gasteiger charge is -2.26.